The second-order valence-electron chi connectivity index (χ2n) is 8.58. The van der Waals surface area contributed by atoms with E-state index >= 15 is 0 Å². The normalized spacial score (nSPS) is 20.0. The van der Waals surface area contributed by atoms with Crippen molar-refractivity contribution in [1.82, 2.24) is 25.1 Å². The van der Waals surface area contributed by atoms with Crippen molar-refractivity contribution >= 4 is 17.7 Å². The third-order valence-electron chi connectivity index (χ3n) is 6.04. The van der Waals surface area contributed by atoms with Crippen molar-refractivity contribution in [3.63, 3.8) is 0 Å². The lowest BCUT2D eigenvalue weighted by molar-refractivity contribution is -0.133. The van der Waals surface area contributed by atoms with E-state index in [1.54, 1.807) is 23.5 Å². The molecule has 2 N–H and O–H groups in total. The van der Waals surface area contributed by atoms with Gasteiger partial charge in [-0.3, -0.25) is 14.4 Å². The Morgan fingerprint density at radius 1 is 1.25 bits per heavy atom. The first kappa shape index (κ1) is 21.9. The van der Waals surface area contributed by atoms with Crippen LogP contribution in [0.2, 0.25) is 0 Å². The summed E-state index contributed by atoms with van der Waals surface area (Å²) in [6.45, 7) is 4.68. The molecule has 9 heteroatoms. The second-order valence-corrected chi connectivity index (χ2v) is 8.58. The van der Waals surface area contributed by atoms with Crippen LogP contribution < -0.4 is 15.4 Å². The molecular weight excluding hydrogens is 410 g/mol. The average molecular weight is 440 g/mol. The zero-order valence-corrected chi connectivity index (χ0v) is 18.7. The number of carbonyl (C=O) groups is 3. The predicted octanol–water partition coefficient (Wildman–Crippen LogP) is 1.72. The van der Waals surface area contributed by atoms with E-state index in [9.17, 15) is 14.4 Å². The highest BCUT2D eigenvalue weighted by atomic mass is 16.5. The summed E-state index contributed by atoms with van der Waals surface area (Å²) in [6, 6.07) is 7.61. The van der Waals surface area contributed by atoms with Crippen LogP contribution in [0, 0.1) is 0 Å². The number of hydrogen-bond acceptors (Lipinski definition) is 5. The van der Waals surface area contributed by atoms with E-state index in [4.69, 9.17) is 4.74 Å². The summed E-state index contributed by atoms with van der Waals surface area (Å²) in [5.74, 6) is -0.191. The minimum Gasteiger partial charge on any atom is -0.497 e. The standard InChI is InChI=1S/C23H29N5O4/c1-4-11-28-21(30)19-18(20(29)26-16-7-8-16)25-14-27(19)13-23(28,2)22(31)24-12-15-5-9-17(32-3)10-6-15/h5-6,9-10,14,16H,4,7-8,11-13H2,1-3H3,(H,24,31)(H,26,29). The molecule has 1 aliphatic carbocycles. The van der Waals surface area contributed by atoms with Crippen LogP contribution in [0.15, 0.2) is 30.6 Å². The van der Waals surface area contributed by atoms with Gasteiger partial charge in [0.05, 0.1) is 20.0 Å². The SMILES string of the molecule is CCCN1C(=O)c2c(C(=O)NC3CC3)ncn2CC1(C)C(=O)NCc1ccc(OC)cc1. The van der Waals surface area contributed by atoms with Crippen molar-refractivity contribution in [1.29, 1.82) is 0 Å². The maximum Gasteiger partial charge on any atom is 0.273 e. The predicted molar refractivity (Wildman–Crippen MR) is 117 cm³/mol. The molecule has 0 radical (unpaired) electrons. The summed E-state index contributed by atoms with van der Waals surface area (Å²) in [7, 11) is 1.60. The van der Waals surface area contributed by atoms with E-state index in [-0.39, 0.29) is 41.7 Å². The van der Waals surface area contributed by atoms with E-state index in [1.807, 2.05) is 31.2 Å². The Hall–Kier alpha value is -3.36. The van der Waals surface area contributed by atoms with Crippen LogP contribution in [0.25, 0.3) is 0 Å². The Bertz CT molecular complexity index is 1030. The number of carbonyl (C=O) groups excluding carboxylic acids is 3. The number of rotatable bonds is 8. The Morgan fingerprint density at radius 3 is 2.59 bits per heavy atom. The van der Waals surface area contributed by atoms with Crippen molar-refractivity contribution in [2.75, 3.05) is 13.7 Å². The first-order valence-corrected chi connectivity index (χ1v) is 11.0. The fraction of sp³-hybridized carbons (Fsp3) is 0.478. The van der Waals surface area contributed by atoms with Crippen molar-refractivity contribution in [3.8, 4) is 5.75 Å². The topological polar surface area (TPSA) is 106 Å². The molecule has 2 aromatic rings. The molecule has 1 aromatic carbocycles. The minimum atomic E-state index is -1.10. The molecule has 4 rings (SSSR count). The number of nitrogens with zero attached hydrogens (tertiary/aromatic N) is 3. The lowest BCUT2D eigenvalue weighted by Crippen LogP contribution is -2.64. The minimum absolute atomic E-state index is 0.128. The van der Waals surface area contributed by atoms with Gasteiger partial charge in [-0.05, 0) is 43.9 Å². The van der Waals surface area contributed by atoms with E-state index in [2.05, 4.69) is 15.6 Å². The lowest BCUT2D eigenvalue weighted by atomic mass is 9.94. The van der Waals surface area contributed by atoms with Crippen molar-refractivity contribution in [2.24, 2.45) is 0 Å². The molecule has 2 heterocycles. The maximum absolute atomic E-state index is 13.5. The number of benzene rings is 1. The molecule has 1 saturated carbocycles. The molecular formula is C23H29N5O4. The number of nitrogens with one attached hydrogen (secondary N) is 2. The fourth-order valence-corrected chi connectivity index (χ4v) is 4.03. The molecule has 1 atom stereocenters. The van der Waals surface area contributed by atoms with Crippen LogP contribution in [0.1, 0.15) is 59.7 Å². The highest BCUT2D eigenvalue weighted by molar-refractivity contribution is 6.07. The Kier molecular flexibility index (Phi) is 5.90. The zero-order valence-electron chi connectivity index (χ0n) is 18.7. The smallest absolute Gasteiger partial charge is 0.273 e. The Labute approximate surface area is 187 Å². The third-order valence-corrected chi connectivity index (χ3v) is 6.04. The van der Waals surface area contributed by atoms with Gasteiger partial charge in [0.2, 0.25) is 5.91 Å². The third kappa shape index (κ3) is 4.06. The first-order valence-electron chi connectivity index (χ1n) is 11.0. The van der Waals surface area contributed by atoms with Crippen LogP contribution in [0.3, 0.4) is 0 Å². The van der Waals surface area contributed by atoms with Gasteiger partial charge in [0, 0.05) is 19.1 Å². The molecule has 2 aliphatic rings. The molecule has 1 fully saturated rings. The van der Waals surface area contributed by atoms with Crippen LogP contribution >= 0.6 is 0 Å². The van der Waals surface area contributed by atoms with Gasteiger partial charge in [-0.2, -0.15) is 0 Å². The van der Waals surface area contributed by atoms with Crippen LogP contribution in [0.4, 0.5) is 0 Å². The molecule has 9 nitrogen and oxygen atoms in total. The van der Waals surface area contributed by atoms with E-state index in [0.717, 1.165) is 24.2 Å². The molecule has 1 aromatic heterocycles. The van der Waals surface area contributed by atoms with Crippen LogP contribution in [-0.2, 0) is 17.9 Å². The summed E-state index contributed by atoms with van der Waals surface area (Å²) in [4.78, 5) is 45.1. The van der Waals surface area contributed by atoms with E-state index in [0.29, 0.717) is 19.5 Å². The number of ether oxygens (including phenoxy) is 1. The van der Waals surface area contributed by atoms with Crippen LogP contribution in [0.5, 0.6) is 5.75 Å². The second kappa shape index (κ2) is 8.64. The molecule has 170 valence electrons. The molecule has 0 saturated heterocycles. The van der Waals surface area contributed by atoms with Gasteiger partial charge < -0.3 is 24.8 Å². The molecule has 32 heavy (non-hydrogen) atoms. The van der Waals surface area contributed by atoms with Gasteiger partial charge >= 0.3 is 0 Å². The molecule has 3 amide bonds. The van der Waals surface area contributed by atoms with Gasteiger partial charge in [0.1, 0.15) is 17.0 Å². The highest BCUT2D eigenvalue weighted by Gasteiger charge is 2.48. The summed E-state index contributed by atoms with van der Waals surface area (Å²) in [6.07, 6.45) is 4.06. The summed E-state index contributed by atoms with van der Waals surface area (Å²) in [5.41, 5.74) is 0.201. The Morgan fingerprint density at radius 2 is 1.97 bits per heavy atom. The number of amides is 3. The quantitative estimate of drug-likeness (QED) is 0.652. The lowest BCUT2D eigenvalue weighted by Gasteiger charge is -2.43. The summed E-state index contributed by atoms with van der Waals surface area (Å²) < 4.78 is 6.79. The average Bonchev–Trinajstić information content (AvgIpc) is 3.50. The van der Waals surface area contributed by atoms with Gasteiger partial charge in [0.25, 0.3) is 11.8 Å². The van der Waals surface area contributed by atoms with Gasteiger partial charge in [-0.25, -0.2) is 4.98 Å². The van der Waals surface area contributed by atoms with Crippen molar-refractivity contribution in [3.05, 3.63) is 47.5 Å². The number of hydrogen-bond donors (Lipinski definition) is 2. The van der Waals surface area contributed by atoms with Gasteiger partial charge in [-0.1, -0.05) is 19.1 Å². The summed E-state index contributed by atoms with van der Waals surface area (Å²) in [5, 5.41) is 5.85. The number of fused-ring (bicyclic) bond motifs is 1. The molecule has 1 unspecified atom stereocenters. The number of methoxy groups -OCH3 is 1. The molecule has 1 aliphatic heterocycles. The number of imidazole rings is 1. The fourth-order valence-electron chi connectivity index (χ4n) is 4.03. The molecule has 0 bridgehead atoms. The largest absolute Gasteiger partial charge is 0.497 e. The van der Waals surface area contributed by atoms with Crippen molar-refractivity contribution in [2.45, 2.75) is 57.8 Å². The number of aromatic nitrogens is 2. The van der Waals surface area contributed by atoms with E-state index in [1.165, 1.54) is 6.33 Å². The maximum atomic E-state index is 13.5. The van der Waals surface area contributed by atoms with Crippen LogP contribution in [-0.4, -0.2) is 57.4 Å². The van der Waals surface area contributed by atoms with Gasteiger partial charge in [-0.15, -0.1) is 0 Å². The zero-order chi connectivity index (χ0) is 22.9. The van der Waals surface area contributed by atoms with Crippen molar-refractivity contribution < 1.29 is 19.1 Å². The van der Waals surface area contributed by atoms with E-state index < -0.39 is 5.54 Å². The van der Waals surface area contributed by atoms with Gasteiger partial charge in [0.15, 0.2) is 5.69 Å². The highest BCUT2D eigenvalue weighted by Crippen LogP contribution is 2.30. The monoisotopic (exact) mass is 439 g/mol. The first-order chi connectivity index (χ1) is 15.4. The molecule has 0 spiro atoms. The Balaban J connectivity index is 1.55. The summed E-state index contributed by atoms with van der Waals surface area (Å²) >= 11 is 0.